The molecule has 3 rings (SSSR count). The second-order valence-electron chi connectivity index (χ2n) is 5.97. The van der Waals surface area contributed by atoms with Crippen molar-refractivity contribution in [1.82, 2.24) is 4.98 Å². The number of aromatic nitrogens is 1. The van der Waals surface area contributed by atoms with Gasteiger partial charge in [-0.2, -0.15) is 0 Å². The third-order valence-corrected chi connectivity index (χ3v) is 5.11. The SMILES string of the molecule is Clc1cnc(N2CCC(OC[C@@H]3CCCCO3)CC2)c(Br)c1. The van der Waals surface area contributed by atoms with Crippen molar-refractivity contribution in [2.45, 2.75) is 44.3 Å². The quantitative estimate of drug-likeness (QED) is 0.778. The van der Waals surface area contributed by atoms with Gasteiger partial charge in [-0.15, -0.1) is 0 Å². The van der Waals surface area contributed by atoms with E-state index in [4.69, 9.17) is 21.1 Å². The molecule has 2 fully saturated rings. The molecule has 0 bridgehead atoms. The summed E-state index contributed by atoms with van der Waals surface area (Å²) in [6, 6.07) is 1.90. The van der Waals surface area contributed by atoms with E-state index in [1.54, 1.807) is 6.20 Å². The van der Waals surface area contributed by atoms with Gasteiger partial charge in [0.05, 0.1) is 28.3 Å². The van der Waals surface area contributed by atoms with Crippen molar-refractivity contribution in [3.05, 3.63) is 21.8 Å². The van der Waals surface area contributed by atoms with Crippen LogP contribution in [-0.4, -0.2) is 43.5 Å². The van der Waals surface area contributed by atoms with Gasteiger partial charge in [-0.1, -0.05) is 11.6 Å². The van der Waals surface area contributed by atoms with Crippen LogP contribution >= 0.6 is 27.5 Å². The number of pyridine rings is 1. The summed E-state index contributed by atoms with van der Waals surface area (Å²) in [7, 11) is 0. The molecule has 122 valence electrons. The summed E-state index contributed by atoms with van der Waals surface area (Å²) >= 11 is 9.50. The van der Waals surface area contributed by atoms with E-state index >= 15 is 0 Å². The molecule has 0 unspecified atom stereocenters. The number of nitrogens with zero attached hydrogens (tertiary/aromatic N) is 2. The highest BCUT2D eigenvalue weighted by molar-refractivity contribution is 9.10. The summed E-state index contributed by atoms with van der Waals surface area (Å²) in [5, 5.41) is 0.654. The van der Waals surface area contributed by atoms with Crippen LogP contribution in [0.1, 0.15) is 32.1 Å². The summed E-state index contributed by atoms with van der Waals surface area (Å²) in [6.45, 7) is 3.56. The smallest absolute Gasteiger partial charge is 0.142 e. The van der Waals surface area contributed by atoms with Crippen LogP contribution in [0.3, 0.4) is 0 Å². The Bertz CT molecular complexity index is 489. The maximum Gasteiger partial charge on any atom is 0.142 e. The summed E-state index contributed by atoms with van der Waals surface area (Å²) in [4.78, 5) is 6.72. The summed E-state index contributed by atoms with van der Waals surface area (Å²) in [6.07, 6.45) is 8.00. The summed E-state index contributed by atoms with van der Waals surface area (Å²) in [5.41, 5.74) is 0. The summed E-state index contributed by atoms with van der Waals surface area (Å²) in [5.74, 6) is 0.971. The number of ether oxygens (including phenoxy) is 2. The minimum Gasteiger partial charge on any atom is -0.376 e. The highest BCUT2D eigenvalue weighted by Gasteiger charge is 2.23. The Kier molecular flexibility index (Phi) is 5.96. The predicted octanol–water partition coefficient (Wildman–Crippen LogP) is 4.05. The van der Waals surface area contributed by atoms with Gasteiger partial charge < -0.3 is 14.4 Å². The van der Waals surface area contributed by atoms with Gasteiger partial charge in [-0.25, -0.2) is 4.98 Å². The highest BCUT2D eigenvalue weighted by Crippen LogP contribution is 2.29. The lowest BCUT2D eigenvalue weighted by Crippen LogP contribution is -2.39. The van der Waals surface area contributed by atoms with Crippen LogP contribution in [0.15, 0.2) is 16.7 Å². The number of rotatable bonds is 4. The number of anilines is 1. The first-order valence-electron chi connectivity index (χ1n) is 8.01. The molecule has 4 nitrogen and oxygen atoms in total. The maximum absolute atomic E-state index is 6.05. The first kappa shape index (κ1) is 16.5. The monoisotopic (exact) mass is 388 g/mol. The lowest BCUT2D eigenvalue weighted by Gasteiger charge is -2.34. The highest BCUT2D eigenvalue weighted by atomic mass is 79.9. The molecule has 0 N–H and O–H groups in total. The molecular formula is C16H22BrClN2O2. The molecule has 6 heteroatoms. The Morgan fingerprint density at radius 2 is 2.14 bits per heavy atom. The molecule has 0 aliphatic carbocycles. The van der Waals surface area contributed by atoms with E-state index in [0.717, 1.165) is 55.9 Å². The van der Waals surface area contributed by atoms with E-state index in [9.17, 15) is 0 Å². The third kappa shape index (κ3) is 4.34. The van der Waals surface area contributed by atoms with Crippen molar-refractivity contribution in [2.75, 3.05) is 31.2 Å². The molecule has 0 spiro atoms. The van der Waals surface area contributed by atoms with Crippen molar-refractivity contribution in [3.63, 3.8) is 0 Å². The topological polar surface area (TPSA) is 34.6 Å². The minimum atomic E-state index is 0.304. The van der Waals surface area contributed by atoms with E-state index in [0.29, 0.717) is 17.2 Å². The van der Waals surface area contributed by atoms with E-state index in [-0.39, 0.29) is 0 Å². The maximum atomic E-state index is 6.05. The molecule has 2 aliphatic rings. The normalized spacial score (nSPS) is 23.7. The Hall–Kier alpha value is -0.360. The fourth-order valence-electron chi connectivity index (χ4n) is 3.06. The summed E-state index contributed by atoms with van der Waals surface area (Å²) < 4.78 is 12.7. The van der Waals surface area contributed by atoms with Gasteiger partial charge in [-0.3, -0.25) is 0 Å². The van der Waals surface area contributed by atoms with E-state index in [1.807, 2.05) is 6.07 Å². The fourth-order valence-corrected chi connectivity index (χ4v) is 3.95. The minimum absolute atomic E-state index is 0.304. The van der Waals surface area contributed by atoms with Gasteiger partial charge in [0, 0.05) is 25.9 Å². The number of hydrogen-bond donors (Lipinski definition) is 0. The van der Waals surface area contributed by atoms with Crippen molar-refractivity contribution in [2.24, 2.45) is 0 Å². The van der Waals surface area contributed by atoms with Gasteiger partial charge in [-0.05, 0) is 54.1 Å². The molecule has 0 amide bonds. The molecule has 2 saturated heterocycles. The van der Waals surface area contributed by atoms with Crippen LogP contribution in [0, 0.1) is 0 Å². The largest absolute Gasteiger partial charge is 0.376 e. The lowest BCUT2D eigenvalue weighted by atomic mass is 10.1. The standard InChI is InChI=1S/C16H22BrClN2O2/c17-15-9-12(18)10-19-16(15)20-6-4-13(5-7-20)22-11-14-3-1-2-8-21-14/h9-10,13-14H,1-8,11H2/t14-/m0/s1. The Balaban J connectivity index is 1.45. The molecule has 22 heavy (non-hydrogen) atoms. The van der Waals surface area contributed by atoms with Gasteiger partial charge in [0.2, 0.25) is 0 Å². The average molecular weight is 390 g/mol. The fraction of sp³-hybridized carbons (Fsp3) is 0.688. The number of piperidine rings is 1. The van der Waals surface area contributed by atoms with Crippen LogP contribution in [0.4, 0.5) is 5.82 Å². The Morgan fingerprint density at radius 1 is 1.32 bits per heavy atom. The second kappa shape index (κ2) is 7.95. The Morgan fingerprint density at radius 3 is 2.82 bits per heavy atom. The first-order chi connectivity index (χ1) is 10.7. The number of halogens is 2. The zero-order chi connectivity index (χ0) is 15.4. The predicted molar refractivity (Wildman–Crippen MR) is 91.7 cm³/mol. The van der Waals surface area contributed by atoms with Gasteiger partial charge in [0.1, 0.15) is 5.82 Å². The zero-order valence-electron chi connectivity index (χ0n) is 12.6. The number of hydrogen-bond acceptors (Lipinski definition) is 4. The Labute approximate surface area is 145 Å². The molecule has 2 aliphatic heterocycles. The van der Waals surface area contributed by atoms with Crippen LogP contribution in [-0.2, 0) is 9.47 Å². The molecular weight excluding hydrogens is 368 g/mol. The van der Waals surface area contributed by atoms with Crippen molar-refractivity contribution >= 4 is 33.3 Å². The van der Waals surface area contributed by atoms with Crippen LogP contribution in [0.2, 0.25) is 5.02 Å². The first-order valence-corrected chi connectivity index (χ1v) is 9.18. The average Bonchev–Trinajstić information content (AvgIpc) is 2.55. The third-order valence-electron chi connectivity index (χ3n) is 4.32. The molecule has 0 saturated carbocycles. The van der Waals surface area contributed by atoms with Gasteiger partial charge in [0.25, 0.3) is 0 Å². The van der Waals surface area contributed by atoms with Crippen molar-refractivity contribution in [3.8, 4) is 0 Å². The van der Waals surface area contributed by atoms with Crippen molar-refractivity contribution < 1.29 is 9.47 Å². The molecule has 1 atom stereocenters. The van der Waals surface area contributed by atoms with E-state index < -0.39 is 0 Å². The van der Waals surface area contributed by atoms with Crippen LogP contribution in [0.5, 0.6) is 0 Å². The molecule has 0 radical (unpaired) electrons. The van der Waals surface area contributed by atoms with E-state index in [2.05, 4.69) is 25.8 Å². The van der Waals surface area contributed by atoms with Gasteiger partial charge in [0.15, 0.2) is 0 Å². The zero-order valence-corrected chi connectivity index (χ0v) is 15.0. The van der Waals surface area contributed by atoms with Gasteiger partial charge >= 0.3 is 0 Å². The molecule has 1 aromatic rings. The van der Waals surface area contributed by atoms with Crippen LogP contribution in [0.25, 0.3) is 0 Å². The molecule has 3 heterocycles. The second-order valence-corrected chi connectivity index (χ2v) is 7.26. The van der Waals surface area contributed by atoms with Crippen molar-refractivity contribution in [1.29, 1.82) is 0 Å². The lowest BCUT2D eigenvalue weighted by molar-refractivity contribution is -0.0672. The van der Waals surface area contributed by atoms with E-state index in [1.165, 1.54) is 12.8 Å². The van der Waals surface area contributed by atoms with Crippen LogP contribution < -0.4 is 4.90 Å². The molecule has 0 aromatic carbocycles. The molecule has 1 aromatic heterocycles.